The third kappa shape index (κ3) is 2.30. The summed E-state index contributed by atoms with van der Waals surface area (Å²) >= 11 is 0. The standard InChI is InChI=1S/C12H20N4O2S/c1-10-8-13-5-7-16(10)19(17,18)12-9-15-6-3-2-4-11(15)14-12/h9-10,13H,2-8H2,1H3/t10-/m0/s1. The van der Waals surface area contributed by atoms with E-state index in [0.717, 1.165) is 31.6 Å². The van der Waals surface area contributed by atoms with Crippen molar-refractivity contribution in [3.05, 3.63) is 12.0 Å². The first-order valence-corrected chi connectivity index (χ1v) is 8.31. The minimum atomic E-state index is -3.44. The molecule has 19 heavy (non-hydrogen) atoms. The van der Waals surface area contributed by atoms with E-state index in [9.17, 15) is 8.42 Å². The van der Waals surface area contributed by atoms with E-state index < -0.39 is 10.0 Å². The predicted molar refractivity (Wildman–Crippen MR) is 71.4 cm³/mol. The van der Waals surface area contributed by atoms with E-state index in [0.29, 0.717) is 19.6 Å². The molecule has 0 amide bonds. The number of rotatable bonds is 2. The lowest BCUT2D eigenvalue weighted by atomic mass is 10.2. The number of nitrogens with one attached hydrogen (secondary N) is 1. The van der Waals surface area contributed by atoms with Crippen molar-refractivity contribution in [2.45, 2.75) is 43.8 Å². The number of nitrogens with zero attached hydrogens (tertiary/aromatic N) is 3. The van der Waals surface area contributed by atoms with E-state index in [-0.39, 0.29) is 11.1 Å². The number of piperazine rings is 1. The van der Waals surface area contributed by atoms with Gasteiger partial charge in [0.25, 0.3) is 10.0 Å². The van der Waals surface area contributed by atoms with Crippen molar-refractivity contribution >= 4 is 10.0 Å². The molecule has 3 heterocycles. The summed E-state index contributed by atoms with van der Waals surface area (Å²) in [5, 5.41) is 3.43. The number of sulfonamides is 1. The Morgan fingerprint density at radius 3 is 2.95 bits per heavy atom. The van der Waals surface area contributed by atoms with Crippen molar-refractivity contribution in [2.75, 3.05) is 19.6 Å². The molecule has 0 aromatic carbocycles. The molecule has 1 atom stereocenters. The maximum absolute atomic E-state index is 12.6. The third-order valence-corrected chi connectivity index (χ3v) is 5.79. The van der Waals surface area contributed by atoms with Gasteiger partial charge < -0.3 is 9.88 Å². The Labute approximate surface area is 113 Å². The summed E-state index contributed by atoms with van der Waals surface area (Å²) in [4.78, 5) is 4.35. The van der Waals surface area contributed by atoms with Crippen molar-refractivity contribution < 1.29 is 8.42 Å². The molecule has 1 aromatic heterocycles. The largest absolute Gasteiger partial charge is 0.333 e. The van der Waals surface area contributed by atoms with Crippen LogP contribution < -0.4 is 5.32 Å². The summed E-state index contributed by atoms with van der Waals surface area (Å²) in [5.74, 6) is 0.910. The average Bonchev–Trinajstić information content (AvgIpc) is 2.83. The zero-order valence-electron chi connectivity index (χ0n) is 11.2. The first kappa shape index (κ1) is 13.1. The molecule has 7 heteroatoms. The lowest BCUT2D eigenvalue weighted by Crippen LogP contribution is -2.52. The van der Waals surface area contributed by atoms with Crippen molar-refractivity contribution in [1.82, 2.24) is 19.2 Å². The first-order valence-electron chi connectivity index (χ1n) is 6.87. The van der Waals surface area contributed by atoms with Crippen LogP contribution in [-0.2, 0) is 23.0 Å². The van der Waals surface area contributed by atoms with Gasteiger partial charge in [-0.05, 0) is 19.8 Å². The smallest absolute Gasteiger partial charge is 0.262 e. The number of aromatic nitrogens is 2. The maximum Gasteiger partial charge on any atom is 0.262 e. The van der Waals surface area contributed by atoms with Gasteiger partial charge in [-0.1, -0.05) is 0 Å². The minimum Gasteiger partial charge on any atom is -0.333 e. The van der Waals surface area contributed by atoms with Crippen LogP contribution in [0.4, 0.5) is 0 Å². The zero-order valence-corrected chi connectivity index (χ0v) is 12.0. The van der Waals surface area contributed by atoms with Gasteiger partial charge in [0, 0.05) is 44.8 Å². The van der Waals surface area contributed by atoms with Gasteiger partial charge in [0.15, 0.2) is 5.03 Å². The molecule has 0 radical (unpaired) electrons. The number of fused-ring (bicyclic) bond motifs is 1. The van der Waals surface area contributed by atoms with Crippen LogP contribution in [0, 0.1) is 0 Å². The molecule has 0 spiro atoms. The molecule has 0 unspecified atom stereocenters. The van der Waals surface area contributed by atoms with Gasteiger partial charge in [0.2, 0.25) is 0 Å². The molecule has 6 nitrogen and oxygen atoms in total. The van der Waals surface area contributed by atoms with Gasteiger partial charge >= 0.3 is 0 Å². The molecule has 2 aliphatic heterocycles. The molecular weight excluding hydrogens is 264 g/mol. The van der Waals surface area contributed by atoms with Gasteiger partial charge in [0.05, 0.1) is 0 Å². The van der Waals surface area contributed by atoms with Crippen LogP contribution in [0.5, 0.6) is 0 Å². The SMILES string of the molecule is C[C@H]1CNCCN1S(=O)(=O)c1cn2c(n1)CCCC2. The molecule has 1 N–H and O–H groups in total. The fraction of sp³-hybridized carbons (Fsp3) is 0.750. The van der Waals surface area contributed by atoms with E-state index in [1.807, 2.05) is 11.5 Å². The van der Waals surface area contributed by atoms with Crippen LogP contribution in [0.15, 0.2) is 11.2 Å². The van der Waals surface area contributed by atoms with E-state index in [2.05, 4.69) is 10.3 Å². The lowest BCUT2D eigenvalue weighted by molar-refractivity contribution is 0.283. The molecule has 0 saturated carbocycles. The molecule has 1 saturated heterocycles. The van der Waals surface area contributed by atoms with E-state index in [1.54, 1.807) is 10.5 Å². The second-order valence-electron chi connectivity index (χ2n) is 5.31. The summed E-state index contributed by atoms with van der Waals surface area (Å²) < 4.78 is 28.8. The Morgan fingerprint density at radius 1 is 1.37 bits per heavy atom. The lowest BCUT2D eigenvalue weighted by Gasteiger charge is -2.32. The van der Waals surface area contributed by atoms with Crippen molar-refractivity contribution in [1.29, 1.82) is 0 Å². The second kappa shape index (κ2) is 4.88. The topological polar surface area (TPSA) is 67.2 Å². The Bertz CT molecular complexity index is 543. The molecule has 3 rings (SSSR count). The van der Waals surface area contributed by atoms with Gasteiger partial charge in [-0.15, -0.1) is 0 Å². The zero-order chi connectivity index (χ0) is 13.5. The number of aryl methyl sites for hydroxylation is 2. The normalized spacial score (nSPS) is 25.2. The summed E-state index contributed by atoms with van der Waals surface area (Å²) in [6, 6.07) is -0.0162. The molecule has 106 valence electrons. The van der Waals surface area contributed by atoms with E-state index >= 15 is 0 Å². The van der Waals surface area contributed by atoms with Gasteiger partial charge in [-0.25, -0.2) is 13.4 Å². The quantitative estimate of drug-likeness (QED) is 0.842. The molecule has 1 fully saturated rings. The van der Waals surface area contributed by atoms with E-state index in [1.165, 1.54) is 0 Å². The molecule has 1 aromatic rings. The Kier molecular flexibility index (Phi) is 3.36. The summed E-state index contributed by atoms with van der Waals surface area (Å²) in [7, 11) is -3.44. The fourth-order valence-electron chi connectivity index (χ4n) is 2.81. The van der Waals surface area contributed by atoms with Crippen LogP contribution in [0.1, 0.15) is 25.6 Å². The monoisotopic (exact) mass is 284 g/mol. The summed E-state index contributed by atoms with van der Waals surface area (Å²) in [6.45, 7) is 4.74. The summed E-state index contributed by atoms with van der Waals surface area (Å²) in [6.07, 6.45) is 4.79. The molecule has 0 aliphatic carbocycles. The Hall–Kier alpha value is -0.920. The fourth-order valence-corrected chi connectivity index (χ4v) is 4.41. The maximum atomic E-state index is 12.6. The molecule has 0 bridgehead atoms. The first-order chi connectivity index (χ1) is 9.09. The van der Waals surface area contributed by atoms with Crippen LogP contribution in [0.2, 0.25) is 0 Å². The predicted octanol–water partition coefficient (Wildman–Crippen LogP) is 0.202. The van der Waals surface area contributed by atoms with Crippen LogP contribution in [0.3, 0.4) is 0 Å². The number of imidazole rings is 1. The van der Waals surface area contributed by atoms with Gasteiger partial charge in [0.1, 0.15) is 5.82 Å². The highest BCUT2D eigenvalue weighted by molar-refractivity contribution is 7.89. The van der Waals surface area contributed by atoms with Crippen LogP contribution in [0.25, 0.3) is 0 Å². The second-order valence-corrected chi connectivity index (χ2v) is 7.15. The summed E-state index contributed by atoms with van der Waals surface area (Å²) in [5.41, 5.74) is 0. The Balaban J connectivity index is 1.93. The van der Waals surface area contributed by atoms with Gasteiger partial charge in [-0.3, -0.25) is 0 Å². The van der Waals surface area contributed by atoms with Crippen molar-refractivity contribution in [2.24, 2.45) is 0 Å². The van der Waals surface area contributed by atoms with Gasteiger partial charge in [-0.2, -0.15) is 4.31 Å². The number of hydrogen-bond donors (Lipinski definition) is 1. The third-order valence-electron chi connectivity index (χ3n) is 3.90. The minimum absolute atomic E-state index is 0.0162. The highest BCUT2D eigenvalue weighted by atomic mass is 32.2. The molecule has 2 aliphatic rings. The van der Waals surface area contributed by atoms with Crippen LogP contribution >= 0.6 is 0 Å². The number of hydrogen-bond acceptors (Lipinski definition) is 4. The highest BCUT2D eigenvalue weighted by Gasteiger charge is 2.33. The Morgan fingerprint density at radius 2 is 2.21 bits per heavy atom. The van der Waals surface area contributed by atoms with Crippen molar-refractivity contribution in [3.63, 3.8) is 0 Å². The highest BCUT2D eigenvalue weighted by Crippen LogP contribution is 2.22. The van der Waals surface area contributed by atoms with Crippen LogP contribution in [-0.4, -0.2) is 48.0 Å². The van der Waals surface area contributed by atoms with E-state index in [4.69, 9.17) is 0 Å². The van der Waals surface area contributed by atoms with Crippen molar-refractivity contribution in [3.8, 4) is 0 Å². The average molecular weight is 284 g/mol. The molecular formula is C12H20N4O2S.